The lowest BCUT2D eigenvalue weighted by Gasteiger charge is -1.99. The first kappa shape index (κ1) is 8.63. The molecule has 3 heteroatoms. The molecule has 0 bridgehead atoms. The molecular weight excluding hydrogens is 233 g/mol. The smallest absolute Gasteiger partial charge is 0.123 e. The monoisotopic (exact) mass is 239 g/mol. The zero-order valence-electron chi connectivity index (χ0n) is 6.80. The highest BCUT2D eigenvalue weighted by Gasteiger charge is 1.97. The number of rotatable bonds is 1. The summed E-state index contributed by atoms with van der Waals surface area (Å²) in [5, 5.41) is 2.55. The van der Waals surface area contributed by atoms with Crippen LogP contribution in [-0.4, -0.2) is 4.98 Å². The average molecular weight is 240 g/mol. The van der Waals surface area contributed by atoms with Crippen molar-refractivity contribution >= 4 is 26.7 Å². The Labute approximate surface area is 83.7 Å². The van der Waals surface area contributed by atoms with Crippen LogP contribution in [0.15, 0.2) is 30.5 Å². The molecule has 66 valence electrons. The zero-order valence-corrected chi connectivity index (χ0v) is 8.38. The second-order valence-electron chi connectivity index (χ2n) is 2.80. The second-order valence-corrected chi connectivity index (χ2v) is 3.36. The molecule has 1 heterocycles. The van der Waals surface area contributed by atoms with E-state index < -0.39 is 0 Å². The van der Waals surface area contributed by atoms with Gasteiger partial charge in [0.1, 0.15) is 5.82 Å². The predicted octanol–water partition coefficient (Wildman–Crippen LogP) is 3.27. The van der Waals surface area contributed by atoms with Crippen LogP contribution >= 0.6 is 15.9 Å². The molecule has 0 saturated heterocycles. The lowest BCUT2D eigenvalue weighted by molar-refractivity contribution is 0.629. The van der Waals surface area contributed by atoms with Gasteiger partial charge in [-0.15, -0.1) is 0 Å². The van der Waals surface area contributed by atoms with E-state index in [0.29, 0.717) is 5.33 Å². The van der Waals surface area contributed by atoms with Gasteiger partial charge in [0.25, 0.3) is 0 Å². The number of pyridine rings is 1. The van der Waals surface area contributed by atoms with Crippen LogP contribution in [0, 0.1) is 5.82 Å². The van der Waals surface area contributed by atoms with Gasteiger partial charge < -0.3 is 0 Å². The molecule has 1 aromatic heterocycles. The van der Waals surface area contributed by atoms with E-state index >= 15 is 0 Å². The molecule has 0 aliphatic carbocycles. The standard InChI is InChI=1S/C10H7BrFN/c11-5-10-4-8-3-9(12)2-1-7(8)6-13-10/h1-4,6H,5H2. The van der Waals surface area contributed by atoms with E-state index in [9.17, 15) is 4.39 Å². The number of benzene rings is 1. The second kappa shape index (κ2) is 3.42. The summed E-state index contributed by atoms with van der Waals surface area (Å²) in [5.74, 6) is -0.209. The first-order chi connectivity index (χ1) is 6.29. The van der Waals surface area contributed by atoms with Gasteiger partial charge >= 0.3 is 0 Å². The third-order valence-corrected chi connectivity index (χ3v) is 2.45. The highest BCUT2D eigenvalue weighted by molar-refractivity contribution is 9.08. The van der Waals surface area contributed by atoms with E-state index in [1.807, 2.05) is 6.07 Å². The third kappa shape index (κ3) is 1.70. The lowest BCUT2D eigenvalue weighted by atomic mass is 10.1. The van der Waals surface area contributed by atoms with Crippen molar-refractivity contribution in [2.45, 2.75) is 5.33 Å². The summed E-state index contributed by atoms with van der Waals surface area (Å²) in [6.07, 6.45) is 1.76. The van der Waals surface area contributed by atoms with Gasteiger partial charge in [-0.1, -0.05) is 15.9 Å². The Morgan fingerprint density at radius 2 is 2.08 bits per heavy atom. The van der Waals surface area contributed by atoms with Crippen molar-refractivity contribution in [3.05, 3.63) is 42.0 Å². The van der Waals surface area contributed by atoms with Crippen molar-refractivity contribution < 1.29 is 4.39 Å². The van der Waals surface area contributed by atoms with Crippen molar-refractivity contribution in [1.29, 1.82) is 0 Å². The SMILES string of the molecule is Fc1ccc2cnc(CBr)cc2c1. The summed E-state index contributed by atoms with van der Waals surface area (Å²) in [5.41, 5.74) is 0.915. The Balaban J connectivity index is 2.68. The fourth-order valence-corrected chi connectivity index (χ4v) is 1.54. The molecule has 13 heavy (non-hydrogen) atoms. The van der Waals surface area contributed by atoms with E-state index in [2.05, 4.69) is 20.9 Å². The summed E-state index contributed by atoms with van der Waals surface area (Å²) in [6.45, 7) is 0. The zero-order chi connectivity index (χ0) is 9.26. The van der Waals surface area contributed by atoms with Crippen molar-refractivity contribution in [2.24, 2.45) is 0 Å². The number of aromatic nitrogens is 1. The Bertz CT molecular complexity index is 442. The first-order valence-corrected chi connectivity index (χ1v) is 5.02. The van der Waals surface area contributed by atoms with Crippen molar-refractivity contribution in [3.8, 4) is 0 Å². The number of nitrogens with zero attached hydrogens (tertiary/aromatic N) is 1. The van der Waals surface area contributed by atoms with Crippen molar-refractivity contribution in [1.82, 2.24) is 4.98 Å². The maximum Gasteiger partial charge on any atom is 0.123 e. The molecule has 0 amide bonds. The quantitative estimate of drug-likeness (QED) is 0.697. The van der Waals surface area contributed by atoms with Crippen LogP contribution in [-0.2, 0) is 5.33 Å². The molecule has 0 N–H and O–H groups in total. The number of alkyl halides is 1. The summed E-state index contributed by atoms with van der Waals surface area (Å²) in [4.78, 5) is 4.19. The highest BCUT2D eigenvalue weighted by Crippen LogP contribution is 2.16. The summed E-state index contributed by atoms with van der Waals surface area (Å²) < 4.78 is 12.8. The molecule has 0 atom stereocenters. The molecule has 0 aliphatic rings. The fraction of sp³-hybridized carbons (Fsp3) is 0.100. The number of fused-ring (bicyclic) bond motifs is 1. The largest absolute Gasteiger partial charge is 0.260 e. The van der Waals surface area contributed by atoms with Crippen LogP contribution < -0.4 is 0 Å². The summed E-state index contributed by atoms with van der Waals surface area (Å²) in [7, 11) is 0. The minimum absolute atomic E-state index is 0.209. The van der Waals surface area contributed by atoms with E-state index in [-0.39, 0.29) is 5.82 Å². The molecule has 0 radical (unpaired) electrons. The van der Waals surface area contributed by atoms with Crippen LogP contribution in [0.25, 0.3) is 10.8 Å². The maximum atomic E-state index is 12.8. The van der Waals surface area contributed by atoms with Crippen LogP contribution in [0.3, 0.4) is 0 Å². The highest BCUT2D eigenvalue weighted by atomic mass is 79.9. The normalized spacial score (nSPS) is 10.6. The Morgan fingerprint density at radius 1 is 1.23 bits per heavy atom. The van der Waals surface area contributed by atoms with E-state index in [1.54, 1.807) is 12.3 Å². The Morgan fingerprint density at radius 3 is 2.85 bits per heavy atom. The number of hydrogen-bond donors (Lipinski definition) is 0. The van der Waals surface area contributed by atoms with Crippen LogP contribution in [0.5, 0.6) is 0 Å². The van der Waals surface area contributed by atoms with Gasteiger partial charge in [-0.2, -0.15) is 0 Å². The molecule has 1 nitrogen and oxygen atoms in total. The topological polar surface area (TPSA) is 12.9 Å². The van der Waals surface area contributed by atoms with Crippen molar-refractivity contribution in [2.75, 3.05) is 0 Å². The number of halogens is 2. The average Bonchev–Trinajstić information content (AvgIpc) is 2.16. The van der Waals surface area contributed by atoms with Gasteiger partial charge in [-0.05, 0) is 29.7 Å². The minimum atomic E-state index is -0.209. The molecule has 0 unspecified atom stereocenters. The van der Waals surface area contributed by atoms with Gasteiger partial charge in [-0.25, -0.2) is 4.39 Å². The van der Waals surface area contributed by atoms with Gasteiger partial charge in [0.15, 0.2) is 0 Å². The molecule has 1 aromatic carbocycles. The first-order valence-electron chi connectivity index (χ1n) is 3.90. The molecule has 2 rings (SSSR count). The minimum Gasteiger partial charge on any atom is -0.260 e. The molecule has 0 fully saturated rings. The summed E-state index contributed by atoms with van der Waals surface area (Å²) in [6, 6.07) is 6.57. The summed E-state index contributed by atoms with van der Waals surface area (Å²) >= 11 is 3.31. The van der Waals surface area contributed by atoms with Gasteiger partial charge in [0.05, 0.1) is 5.69 Å². The van der Waals surface area contributed by atoms with Gasteiger partial charge in [0.2, 0.25) is 0 Å². The molecule has 0 aliphatic heterocycles. The van der Waals surface area contributed by atoms with Gasteiger partial charge in [0, 0.05) is 16.9 Å². The van der Waals surface area contributed by atoms with Crippen LogP contribution in [0.4, 0.5) is 4.39 Å². The Kier molecular flexibility index (Phi) is 2.27. The van der Waals surface area contributed by atoms with Crippen molar-refractivity contribution in [3.63, 3.8) is 0 Å². The van der Waals surface area contributed by atoms with Gasteiger partial charge in [-0.3, -0.25) is 4.98 Å². The molecular formula is C10H7BrFN. The molecule has 2 aromatic rings. The molecule has 0 spiro atoms. The predicted molar refractivity (Wildman–Crippen MR) is 54.3 cm³/mol. The third-order valence-electron chi connectivity index (χ3n) is 1.88. The van der Waals surface area contributed by atoms with E-state index in [0.717, 1.165) is 16.5 Å². The van der Waals surface area contributed by atoms with Crippen LogP contribution in [0.2, 0.25) is 0 Å². The van der Waals surface area contributed by atoms with Crippen LogP contribution in [0.1, 0.15) is 5.69 Å². The Hall–Kier alpha value is -0.960. The number of hydrogen-bond acceptors (Lipinski definition) is 1. The fourth-order valence-electron chi connectivity index (χ4n) is 1.23. The molecule has 0 saturated carbocycles. The van der Waals surface area contributed by atoms with E-state index in [1.165, 1.54) is 12.1 Å². The van der Waals surface area contributed by atoms with E-state index in [4.69, 9.17) is 0 Å². The lowest BCUT2D eigenvalue weighted by Crippen LogP contribution is -1.85. The maximum absolute atomic E-state index is 12.8.